The van der Waals surface area contributed by atoms with Crippen LogP contribution in [0.5, 0.6) is 5.75 Å². The van der Waals surface area contributed by atoms with Crippen LogP contribution in [-0.4, -0.2) is 34.1 Å². The molecule has 4 aromatic rings. The van der Waals surface area contributed by atoms with Crippen molar-refractivity contribution in [1.29, 1.82) is 0 Å². The van der Waals surface area contributed by atoms with Crippen LogP contribution < -0.4 is 4.74 Å². The predicted octanol–water partition coefficient (Wildman–Crippen LogP) is 5.00. The van der Waals surface area contributed by atoms with E-state index in [1.807, 2.05) is 49.4 Å². The van der Waals surface area contributed by atoms with Gasteiger partial charge in [-0.05, 0) is 35.4 Å². The van der Waals surface area contributed by atoms with E-state index in [-0.39, 0.29) is 19.0 Å². The number of aliphatic hydroxyl groups is 1. The van der Waals surface area contributed by atoms with E-state index < -0.39 is 0 Å². The summed E-state index contributed by atoms with van der Waals surface area (Å²) in [7, 11) is 0. The molecule has 0 saturated carbocycles. The lowest BCUT2D eigenvalue weighted by atomic mass is 9.96. The zero-order valence-corrected chi connectivity index (χ0v) is 16.1. The molecule has 0 aliphatic rings. The minimum Gasteiger partial charge on any atom is -0.489 e. The number of nitrogens with one attached hydrogen (secondary N) is 1. The molecule has 2 aromatic heterocycles. The standard InChI is InChI=1S/C22H19ClN2O3/c1-2-18(27)14-5-3-4-13(10-14)16-6-7-19(28-9-8-26)21-20(16)17-11-15(23)12-24-22(17)25-21/h3-7,10-12,26H,2,8-9H2,1H3,(H,24,25). The first-order chi connectivity index (χ1) is 13.6. The van der Waals surface area contributed by atoms with E-state index in [1.54, 1.807) is 6.20 Å². The molecule has 2 heterocycles. The molecule has 4 rings (SSSR count). The van der Waals surface area contributed by atoms with Crippen molar-refractivity contribution in [3.05, 3.63) is 59.2 Å². The Morgan fingerprint density at radius 3 is 2.89 bits per heavy atom. The van der Waals surface area contributed by atoms with E-state index in [1.165, 1.54) is 0 Å². The minimum absolute atomic E-state index is 0.0747. The van der Waals surface area contributed by atoms with E-state index in [4.69, 9.17) is 21.4 Å². The van der Waals surface area contributed by atoms with E-state index in [2.05, 4.69) is 9.97 Å². The monoisotopic (exact) mass is 394 g/mol. The highest BCUT2D eigenvalue weighted by Gasteiger charge is 2.16. The Bertz CT molecular complexity index is 1180. The molecule has 142 valence electrons. The van der Waals surface area contributed by atoms with E-state index >= 15 is 0 Å². The fourth-order valence-corrected chi connectivity index (χ4v) is 3.57. The summed E-state index contributed by atoms with van der Waals surface area (Å²) in [6, 6.07) is 13.3. The van der Waals surface area contributed by atoms with Crippen LogP contribution in [0.2, 0.25) is 5.02 Å². The summed E-state index contributed by atoms with van der Waals surface area (Å²) in [4.78, 5) is 19.8. The number of aromatic amines is 1. The number of H-pyrrole nitrogens is 1. The van der Waals surface area contributed by atoms with Crippen molar-refractivity contribution in [2.75, 3.05) is 13.2 Å². The number of ketones is 1. The third kappa shape index (κ3) is 3.23. The number of Topliss-reactive ketones (excluding diaryl/α,β-unsaturated/α-hetero) is 1. The first kappa shape index (κ1) is 18.5. The Morgan fingerprint density at radius 2 is 2.11 bits per heavy atom. The van der Waals surface area contributed by atoms with Crippen LogP contribution in [0.1, 0.15) is 23.7 Å². The van der Waals surface area contributed by atoms with Gasteiger partial charge < -0.3 is 14.8 Å². The molecule has 0 saturated heterocycles. The zero-order chi connectivity index (χ0) is 19.7. The Hall–Kier alpha value is -2.89. The average Bonchev–Trinajstić information content (AvgIpc) is 3.10. The number of benzene rings is 2. The van der Waals surface area contributed by atoms with Crippen molar-refractivity contribution >= 4 is 39.3 Å². The lowest BCUT2D eigenvalue weighted by molar-refractivity contribution is 0.0988. The van der Waals surface area contributed by atoms with Crippen molar-refractivity contribution < 1.29 is 14.6 Å². The average molecular weight is 395 g/mol. The smallest absolute Gasteiger partial charge is 0.162 e. The van der Waals surface area contributed by atoms with Crippen molar-refractivity contribution in [1.82, 2.24) is 9.97 Å². The molecule has 0 unspecified atom stereocenters. The van der Waals surface area contributed by atoms with Crippen LogP contribution in [-0.2, 0) is 0 Å². The van der Waals surface area contributed by atoms with Crippen LogP contribution in [0.15, 0.2) is 48.7 Å². The molecule has 0 bridgehead atoms. The van der Waals surface area contributed by atoms with Crippen LogP contribution in [0.3, 0.4) is 0 Å². The molecule has 0 amide bonds. The van der Waals surface area contributed by atoms with Crippen molar-refractivity contribution in [2.45, 2.75) is 13.3 Å². The van der Waals surface area contributed by atoms with Gasteiger partial charge >= 0.3 is 0 Å². The molecule has 5 nitrogen and oxygen atoms in total. The number of aromatic nitrogens is 2. The van der Waals surface area contributed by atoms with Gasteiger partial charge in [0, 0.05) is 29.0 Å². The highest BCUT2D eigenvalue weighted by molar-refractivity contribution is 6.31. The van der Waals surface area contributed by atoms with Crippen molar-refractivity contribution in [3.8, 4) is 16.9 Å². The number of nitrogens with zero attached hydrogens (tertiary/aromatic N) is 1. The summed E-state index contributed by atoms with van der Waals surface area (Å²) >= 11 is 6.20. The Kier molecular flexibility index (Phi) is 5.03. The third-order valence-electron chi connectivity index (χ3n) is 4.70. The van der Waals surface area contributed by atoms with Gasteiger partial charge in [0.1, 0.15) is 18.0 Å². The first-order valence-corrected chi connectivity index (χ1v) is 9.47. The number of aliphatic hydroxyl groups excluding tert-OH is 1. The SMILES string of the molecule is CCC(=O)c1cccc(-c2ccc(OCCO)c3[nH]c4ncc(Cl)cc4c23)c1. The summed E-state index contributed by atoms with van der Waals surface area (Å²) in [6.45, 7) is 1.97. The maximum absolute atomic E-state index is 12.2. The lowest BCUT2D eigenvalue weighted by Gasteiger charge is -2.11. The minimum atomic E-state index is -0.0747. The molecule has 2 aromatic carbocycles. The van der Waals surface area contributed by atoms with Gasteiger partial charge in [0.05, 0.1) is 17.1 Å². The lowest BCUT2D eigenvalue weighted by Crippen LogP contribution is -2.02. The van der Waals surface area contributed by atoms with Gasteiger partial charge in [-0.2, -0.15) is 0 Å². The van der Waals surface area contributed by atoms with Crippen LogP contribution >= 0.6 is 11.6 Å². The van der Waals surface area contributed by atoms with Gasteiger partial charge in [-0.25, -0.2) is 4.98 Å². The maximum Gasteiger partial charge on any atom is 0.162 e. The van der Waals surface area contributed by atoms with Gasteiger partial charge in [0.2, 0.25) is 0 Å². The second kappa shape index (κ2) is 7.62. The van der Waals surface area contributed by atoms with Gasteiger partial charge in [0.15, 0.2) is 5.78 Å². The number of hydrogen-bond acceptors (Lipinski definition) is 4. The van der Waals surface area contributed by atoms with E-state index in [9.17, 15) is 4.79 Å². The number of carbonyl (C=O) groups excluding carboxylic acids is 1. The van der Waals surface area contributed by atoms with Crippen LogP contribution in [0, 0.1) is 0 Å². The van der Waals surface area contributed by atoms with Crippen LogP contribution in [0.25, 0.3) is 33.1 Å². The van der Waals surface area contributed by atoms with Gasteiger partial charge in [-0.15, -0.1) is 0 Å². The highest BCUT2D eigenvalue weighted by atomic mass is 35.5. The topological polar surface area (TPSA) is 75.2 Å². The molecule has 0 spiro atoms. The first-order valence-electron chi connectivity index (χ1n) is 9.09. The predicted molar refractivity (Wildman–Crippen MR) is 111 cm³/mol. The largest absolute Gasteiger partial charge is 0.489 e. The van der Waals surface area contributed by atoms with Crippen molar-refractivity contribution in [2.24, 2.45) is 0 Å². The molecule has 6 heteroatoms. The van der Waals surface area contributed by atoms with Gasteiger partial charge in [0.25, 0.3) is 0 Å². The molecule has 0 radical (unpaired) electrons. The number of hydrogen-bond donors (Lipinski definition) is 2. The summed E-state index contributed by atoms with van der Waals surface area (Å²) in [6.07, 6.45) is 2.05. The van der Waals surface area contributed by atoms with Crippen molar-refractivity contribution in [3.63, 3.8) is 0 Å². The highest BCUT2D eigenvalue weighted by Crippen LogP contribution is 2.39. The number of halogens is 1. The maximum atomic E-state index is 12.2. The molecule has 0 aliphatic carbocycles. The second-order valence-electron chi connectivity index (χ2n) is 6.47. The molecular weight excluding hydrogens is 376 g/mol. The van der Waals surface area contributed by atoms with Gasteiger partial charge in [-0.1, -0.05) is 36.7 Å². The number of rotatable bonds is 6. The number of fused-ring (bicyclic) bond motifs is 3. The molecule has 0 aliphatic heterocycles. The molecular formula is C22H19ClN2O3. The quantitative estimate of drug-likeness (QED) is 0.451. The van der Waals surface area contributed by atoms with Crippen LogP contribution in [0.4, 0.5) is 0 Å². The number of carbonyl (C=O) groups is 1. The fourth-order valence-electron chi connectivity index (χ4n) is 3.42. The molecule has 2 N–H and O–H groups in total. The number of pyridine rings is 1. The molecule has 0 atom stereocenters. The summed E-state index contributed by atoms with van der Waals surface area (Å²) in [5.41, 5.74) is 4.04. The molecule has 0 fully saturated rings. The third-order valence-corrected chi connectivity index (χ3v) is 4.91. The second-order valence-corrected chi connectivity index (χ2v) is 6.90. The number of ether oxygens (including phenoxy) is 1. The summed E-state index contributed by atoms with van der Waals surface area (Å²) in [5.74, 6) is 0.729. The summed E-state index contributed by atoms with van der Waals surface area (Å²) < 4.78 is 5.70. The van der Waals surface area contributed by atoms with E-state index in [0.717, 1.165) is 27.4 Å². The summed E-state index contributed by atoms with van der Waals surface area (Å²) in [5, 5.41) is 11.4. The van der Waals surface area contributed by atoms with Gasteiger partial charge in [-0.3, -0.25) is 4.79 Å². The fraction of sp³-hybridized carbons (Fsp3) is 0.182. The Labute approximate surface area is 166 Å². The normalized spacial score (nSPS) is 11.2. The zero-order valence-electron chi connectivity index (χ0n) is 15.3. The Balaban J connectivity index is 2.00. The molecule has 28 heavy (non-hydrogen) atoms. The van der Waals surface area contributed by atoms with E-state index in [0.29, 0.717) is 28.4 Å². The Morgan fingerprint density at radius 1 is 1.25 bits per heavy atom.